The first-order valence-corrected chi connectivity index (χ1v) is 6.31. The Balaban J connectivity index is 1.98. The zero-order valence-electron chi connectivity index (χ0n) is 9.09. The van der Waals surface area contributed by atoms with Crippen LogP contribution in [0, 0.1) is 0 Å². The highest BCUT2D eigenvalue weighted by Crippen LogP contribution is 2.30. The molecule has 0 spiro atoms. The maximum Gasteiger partial charge on any atom is 0.189 e. The Labute approximate surface area is 112 Å². The van der Waals surface area contributed by atoms with Crippen molar-refractivity contribution >= 4 is 49.9 Å². The molecule has 0 fully saturated rings. The zero-order chi connectivity index (χ0) is 12.5. The molecule has 7 heteroatoms. The summed E-state index contributed by atoms with van der Waals surface area (Å²) >= 11 is 7.41. The normalized spacial score (nSPS) is 10.7. The average Bonchev–Trinajstić information content (AvgIpc) is 2.73. The van der Waals surface area contributed by atoms with Crippen LogP contribution in [0.4, 0.5) is 16.8 Å². The van der Waals surface area contributed by atoms with Gasteiger partial charge < -0.3 is 11.1 Å². The molecular weight excluding hydrogens is 270 g/mol. The van der Waals surface area contributed by atoms with Crippen LogP contribution in [-0.2, 0) is 0 Å². The first-order chi connectivity index (χ1) is 8.72. The van der Waals surface area contributed by atoms with Gasteiger partial charge in [0.1, 0.15) is 0 Å². The van der Waals surface area contributed by atoms with Crippen molar-refractivity contribution in [1.82, 2.24) is 15.0 Å². The molecule has 1 aromatic carbocycles. The van der Waals surface area contributed by atoms with E-state index in [0.29, 0.717) is 21.8 Å². The lowest BCUT2D eigenvalue weighted by Crippen LogP contribution is -2.00. The highest BCUT2D eigenvalue weighted by atomic mass is 35.5. The molecule has 0 aliphatic carbocycles. The summed E-state index contributed by atoms with van der Waals surface area (Å²) in [7, 11) is 0. The number of nitrogens with zero attached hydrogens (tertiary/aromatic N) is 3. The molecule has 0 unspecified atom stereocenters. The summed E-state index contributed by atoms with van der Waals surface area (Å²) in [5.74, 6) is 0.845. The summed E-state index contributed by atoms with van der Waals surface area (Å²) < 4.78 is 1.01. The van der Waals surface area contributed by atoms with E-state index >= 15 is 0 Å². The molecule has 5 nitrogen and oxygen atoms in total. The zero-order valence-corrected chi connectivity index (χ0v) is 10.7. The number of nitrogens with one attached hydrogen (secondary N) is 1. The Hall–Kier alpha value is -1.92. The Bertz CT molecular complexity index is 711. The lowest BCUT2D eigenvalue weighted by molar-refractivity contribution is 1.20. The van der Waals surface area contributed by atoms with Crippen LogP contribution >= 0.6 is 22.9 Å². The van der Waals surface area contributed by atoms with Gasteiger partial charge in [0.15, 0.2) is 16.8 Å². The van der Waals surface area contributed by atoms with Crippen molar-refractivity contribution in [2.24, 2.45) is 0 Å². The van der Waals surface area contributed by atoms with Crippen LogP contribution in [0.5, 0.6) is 0 Å². The second kappa shape index (κ2) is 4.40. The number of hydrogen-bond donors (Lipinski definition) is 2. The summed E-state index contributed by atoms with van der Waals surface area (Å²) in [6.45, 7) is 0. The van der Waals surface area contributed by atoms with Crippen LogP contribution in [0.15, 0.2) is 30.6 Å². The SMILES string of the molecule is Nc1nccnc1Nc1nc2ccc(Cl)cc2s1. The molecule has 0 atom stereocenters. The topological polar surface area (TPSA) is 76.7 Å². The van der Waals surface area contributed by atoms with Crippen molar-refractivity contribution < 1.29 is 0 Å². The van der Waals surface area contributed by atoms with Gasteiger partial charge in [0.05, 0.1) is 10.2 Å². The maximum absolute atomic E-state index is 5.93. The van der Waals surface area contributed by atoms with Gasteiger partial charge in [-0.05, 0) is 18.2 Å². The fourth-order valence-corrected chi connectivity index (χ4v) is 2.64. The number of hydrogen-bond acceptors (Lipinski definition) is 6. The summed E-state index contributed by atoms with van der Waals surface area (Å²) in [4.78, 5) is 12.5. The van der Waals surface area contributed by atoms with Crippen LogP contribution in [0.25, 0.3) is 10.2 Å². The Morgan fingerprint density at radius 2 is 2.06 bits per heavy atom. The van der Waals surface area contributed by atoms with Crippen molar-refractivity contribution in [2.45, 2.75) is 0 Å². The van der Waals surface area contributed by atoms with Gasteiger partial charge in [0.2, 0.25) is 0 Å². The van der Waals surface area contributed by atoms with Crippen molar-refractivity contribution in [3.05, 3.63) is 35.6 Å². The van der Waals surface area contributed by atoms with E-state index in [0.717, 1.165) is 10.2 Å². The van der Waals surface area contributed by atoms with E-state index in [2.05, 4.69) is 20.3 Å². The second-order valence-corrected chi connectivity index (χ2v) is 5.01. The van der Waals surface area contributed by atoms with E-state index in [9.17, 15) is 0 Å². The number of halogens is 1. The lowest BCUT2D eigenvalue weighted by Gasteiger charge is -2.02. The first kappa shape index (κ1) is 11.2. The largest absolute Gasteiger partial charge is 0.381 e. The molecule has 0 aliphatic rings. The minimum absolute atomic E-state index is 0.342. The molecule has 0 saturated carbocycles. The van der Waals surface area contributed by atoms with Gasteiger partial charge in [-0.2, -0.15) is 0 Å². The Morgan fingerprint density at radius 3 is 2.89 bits per heavy atom. The Kier molecular flexibility index (Phi) is 2.73. The van der Waals surface area contributed by atoms with Gasteiger partial charge in [0, 0.05) is 17.4 Å². The number of benzene rings is 1. The quantitative estimate of drug-likeness (QED) is 0.753. The van der Waals surface area contributed by atoms with E-state index < -0.39 is 0 Å². The highest BCUT2D eigenvalue weighted by molar-refractivity contribution is 7.22. The van der Waals surface area contributed by atoms with Gasteiger partial charge >= 0.3 is 0 Å². The van der Waals surface area contributed by atoms with Crippen molar-refractivity contribution in [2.75, 3.05) is 11.1 Å². The van der Waals surface area contributed by atoms with Crippen molar-refractivity contribution in [1.29, 1.82) is 0 Å². The minimum atomic E-state index is 0.342. The smallest absolute Gasteiger partial charge is 0.189 e. The minimum Gasteiger partial charge on any atom is -0.381 e. The van der Waals surface area contributed by atoms with Gasteiger partial charge in [-0.3, -0.25) is 0 Å². The number of nitrogen functional groups attached to an aromatic ring is 1. The van der Waals surface area contributed by atoms with Gasteiger partial charge in [-0.1, -0.05) is 22.9 Å². The van der Waals surface area contributed by atoms with Crippen molar-refractivity contribution in [3.63, 3.8) is 0 Å². The Morgan fingerprint density at radius 1 is 1.22 bits per heavy atom. The molecule has 0 saturated heterocycles. The molecule has 3 rings (SSSR count). The third kappa shape index (κ3) is 2.07. The molecular formula is C11H8ClN5S. The molecule has 2 heterocycles. The summed E-state index contributed by atoms with van der Waals surface area (Å²) in [6.07, 6.45) is 3.11. The summed E-state index contributed by atoms with van der Waals surface area (Å²) in [6, 6.07) is 5.56. The first-order valence-electron chi connectivity index (χ1n) is 5.12. The third-order valence-electron chi connectivity index (χ3n) is 2.30. The molecule has 0 amide bonds. The van der Waals surface area contributed by atoms with Crippen LogP contribution in [0.2, 0.25) is 5.02 Å². The van der Waals surface area contributed by atoms with Crippen LogP contribution in [0.3, 0.4) is 0 Å². The predicted molar refractivity (Wildman–Crippen MR) is 74.4 cm³/mol. The van der Waals surface area contributed by atoms with E-state index in [1.54, 1.807) is 12.4 Å². The van der Waals surface area contributed by atoms with Crippen LogP contribution < -0.4 is 11.1 Å². The standard InChI is InChI=1S/C11H8ClN5S/c12-6-1-2-7-8(5-6)18-11(16-7)17-10-9(13)14-3-4-15-10/h1-5H,(H2,13,14)(H,15,16,17). The summed E-state index contributed by atoms with van der Waals surface area (Å²) in [5.41, 5.74) is 6.59. The van der Waals surface area contributed by atoms with Gasteiger partial charge in [0.25, 0.3) is 0 Å². The van der Waals surface area contributed by atoms with Gasteiger partial charge in [-0.25, -0.2) is 15.0 Å². The lowest BCUT2D eigenvalue weighted by atomic mass is 10.3. The number of anilines is 3. The average molecular weight is 278 g/mol. The van der Waals surface area contributed by atoms with Crippen LogP contribution in [0.1, 0.15) is 0 Å². The van der Waals surface area contributed by atoms with E-state index in [1.807, 2.05) is 18.2 Å². The third-order valence-corrected chi connectivity index (χ3v) is 3.47. The van der Waals surface area contributed by atoms with E-state index in [-0.39, 0.29) is 0 Å². The van der Waals surface area contributed by atoms with Crippen molar-refractivity contribution in [3.8, 4) is 0 Å². The van der Waals surface area contributed by atoms with E-state index in [1.165, 1.54) is 11.3 Å². The predicted octanol–water partition coefficient (Wildman–Crippen LogP) is 3.07. The maximum atomic E-state index is 5.93. The summed E-state index contributed by atoms with van der Waals surface area (Å²) in [5, 5.41) is 4.45. The molecule has 3 aromatic rings. The highest BCUT2D eigenvalue weighted by Gasteiger charge is 2.07. The molecule has 3 N–H and O–H groups in total. The monoisotopic (exact) mass is 277 g/mol. The molecule has 0 radical (unpaired) electrons. The number of thiazole rings is 1. The fraction of sp³-hybridized carbons (Fsp3) is 0. The molecule has 0 aliphatic heterocycles. The van der Waals surface area contributed by atoms with Gasteiger partial charge in [-0.15, -0.1) is 0 Å². The molecule has 0 bridgehead atoms. The van der Waals surface area contributed by atoms with Crippen LogP contribution in [-0.4, -0.2) is 15.0 Å². The molecule has 18 heavy (non-hydrogen) atoms. The number of rotatable bonds is 2. The molecule has 90 valence electrons. The fourth-order valence-electron chi connectivity index (χ4n) is 1.50. The molecule has 2 aromatic heterocycles. The second-order valence-electron chi connectivity index (χ2n) is 3.55. The number of fused-ring (bicyclic) bond motifs is 1. The van der Waals surface area contributed by atoms with E-state index in [4.69, 9.17) is 17.3 Å². The number of nitrogens with two attached hydrogens (primary N) is 1. The number of aromatic nitrogens is 3.